The molecule has 0 aliphatic heterocycles. The largest absolute Gasteiger partial charge is 0.493 e. The molecule has 0 aliphatic rings. The average molecular weight is 238 g/mol. The lowest BCUT2D eigenvalue weighted by molar-refractivity contribution is -0.122. The highest BCUT2D eigenvalue weighted by atomic mass is 16.5. The van der Waals surface area contributed by atoms with Crippen LogP contribution in [-0.4, -0.2) is 26.2 Å². The van der Waals surface area contributed by atoms with Crippen LogP contribution in [0.3, 0.4) is 0 Å². The first-order valence-corrected chi connectivity index (χ1v) is 5.33. The maximum Gasteiger partial charge on any atom is 0.236 e. The molecule has 0 aliphatic carbocycles. The Kier molecular flexibility index (Phi) is 4.78. The molecule has 1 amide bonds. The van der Waals surface area contributed by atoms with Crippen molar-refractivity contribution in [2.75, 3.05) is 14.2 Å². The minimum absolute atomic E-state index is 0.199. The van der Waals surface area contributed by atoms with Gasteiger partial charge in [-0.1, -0.05) is 12.1 Å². The van der Waals surface area contributed by atoms with Crippen LogP contribution in [0.5, 0.6) is 11.5 Å². The Morgan fingerprint density at radius 1 is 1.41 bits per heavy atom. The molecular formula is C12H18N2O3. The van der Waals surface area contributed by atoms with Gasteiger partial charge in [-0.2, -0.15) is 0 Å². The predicted octanol–water partition coefficient (Wildman–Crippen LogP) is 0.667. The van der Waals surface area contributed by atoms with Gasteiger partial charge in [0.2, 0.25) is 5.91 Å². The van der Waals surface area contributed by atoms with Crippen LogP contribution in [0, 0.1) is 0 Å². The normalized spacial score (nSPS) is 11.8. The van der Waals surface area contributed by atoms with Gasteiger partial charge in [0.05, 0.1) is 20.3 Å². The summed E-state index contributed by atoms with van der Waals surface area (Å²) in [6.07, 6.45) is 0. The smallest absolute Gasteiger partial charge is 0.236 e. The predicted molar refractivity (Wildman–Crippen MR) is 65.0 cm³/mol. The summed E-state index contributed by atoms with van der Waals surface area (Å²) in [6, 6.07) is 4.99. The van der Waals surface area contributed by atoms with Crippen molar-refractivity contribution in [3.63, 3.8) is 0 Å². The van der Waals surface area contributed by atoms with E-state index in [0.29, 0.717) is 18.0 Å². The molecule has 94 valence electrons. The third-order valence-corrected chi connectivity index (χ3v) is 2.35. The lowest BCUT2D eigenvalue weighted by atomic mass is 10.1. The highest BCUT2D eigenvalue weighted by Crippen LogP contribution is 2.30. The second-order valence-corrected chi connectivity index (χ2v) is 3.66. The van der Waals surface area contributed by atoms with E-state index in [2.05, 4.69) is 5.32 Å². The van der Waals surface area contributed by atoms with Crippen molar-refractivity contribution in [2.45, 2.75) is 19.5 Å². The first-order valence-electron chi connectivity index (χ1n) is 5.33. The Bertz CT molecular complexity index is 391. The fraction of sp³-hybridized carbons (Fsp3) is 0.417. The molecule has 0 unspecified atom stereocenters. The molecule has 0 spiro atoms. The van der Waals surface area contributed by atoms with Crippen LogP contribution >= 0.6 is 0 Å². The summed E-state index contributed by atoms with van der Waals surface area (Å²) in [5.74, 6) is 1.06. The molecule has 0 bridgehead atoms. The van der Waals surface area contributed by atoms with Crippen molar-refractivity contribution < 1.29 is 14.3 Å². The summed E-state index contributed by atoms with van der Waals surface area (Å²) in [5, 5.41) is 2.72. The molecule has 0 saturated carbocycles. The van der Waals surface area contributed by atoms with Crippen molar-refractivity contribution in [1.29, 1.82) is 0 Å². The molecular weight excluding hydrogens is 220 g/mol. The van der Waals surface area contributed by atoms with E-state index in [9.17, 15) is 4.79 Å². The third kappa shape index (κ3) is 3.35. The minimum atomic E-state index is -0.522. The van der Waals surface area contributed by atoms with Crippen molar-refractivity contribution in [1.82, 2.24) is 5.32 Å². The number of nitrogens with one attached hydrogen (secondary N) is 1. The Balaban J connectivity index is 2.80. The molecule has 1 rings (SSSR count). The lowest BCUT2D eigenvalue weighted by Crippen LogP contribution is -2.37. The van der Waals surface area contributed by atoms with Gasteiger partial charge in [0.1, 0.15) is 0 Å². The van der Waals surface area contributed by atoms with Crippen molar-refractivity contribution in [2.24, 2.45) is 5.73 Å². The van der Waals surface area contributed by atoms with Crippen LogP contribution < -0.4 is 20.5 Å². The Morgan fingerprint density at radius 3 is 2.65 bits per heavy atom. The van der Waals surface area contributed by atoms with Gasteiger partial charge in [0.15, 0.2) is 11.5 Å². The van der Waals surface area contributed by atoms with Crippen LogP contribution in [0.4, 0.5) is 0 Å². The number of ether oxygens (including phenoxy) is 2. The molecule has 3 N–H and O–H groups in total. The highest BCUT2D eigenvalue weighted by molar-refractivity contribution is 5.81. The minimum Gasteiger partial charge on any atom is -0.493 e. The number of carbonyl (C=O) groups is 1. The quantitative estimate of drug-likeness (QED) is 0.790. The number of hydrogen-bond acceptors (Lipinski definition) is 4. The maximum absolute atomic E-state index is 11.4. The van der Waals surface area contributed by atoms with Gasteiger partial charge in [-0.15, -0.1) is 0 Å². The zero-order valence-corrected chi connectivity index (χ0v) is 10.3. The number of para-hydroxylation sites is 1. The maximum atomic E-state index is 11.4. The van der Waals surface area contributed by atoms with Crippen LogP contribution in [0.15, 0.2) is 18.2 Å². The molecule has 0 fully saturated rings. The number of nitrogens with two attached hydrogens (primary N) is 1. The van der Waals surface area contributed by atoms with E-state index in [4.69, 9.17) is 15.2 Å². The van der Waals surface area contributed by atoms with Gasteiger partial charge in [0.25, 0.3) is 0 Å². The Labute approximate surface area is 101 Å². The number of hydrogen-bond donors (Lipinski definition) is 2. The molecule has 1 atom stereocenters. The molecule has 5 nitrogen and oxygen atoms in total. The SMILES string of the molecule is COc1cccc(CNC(=O)[C@@H](C)N)c1OC. The Morgan fingerprint density at radius 2 is 2.12 bits per heavy atom. The monoisotopic (exact) mass is 238 g/mol. The van der Waals surface area contributed by atoms with E-state index in [0.717, 1.165) is 5.56 Å². The molecule has 1 aromatic rings. The summed E-state index contributed by atoms with van der Waals surface area (Å²) >= 11 is 0. The van der Waals surface area contributed by atoms with E-state index in [1.807, 2.05) is 12.1 Å². The zero-order valence-electron chi connectivity index (χ0n) is 10.3. The third-order valence-electron chi connectivity index (χ3n) is 2.35. The lowest BCUT2D eigenvalue weighted by Gasteiger charge is -2.13. The van der Waals surface area contributed by atoms with E-state index < -0.39 is 6.04 Å². The summed E-state index contributed by atoms with van der Waals surface area (Å²) in [5.41, 5.74) is 6.31. The molecule has 0 heterocycles. The molecule has 0 aromatic heterocycles. The van der Waals surface area contributed by atoms with Gasteiger partial charge in [-0.3, -0.25) is 4.79 Å². The number of benzene rings is 1. The average Bonchev–Trinajstić information content (AvgIpc) is 2.34. The first kappa shape index (κ1) is 13.3. The summed E-state index contributed by atoms with van der Waals surface area (Å²) in [6.45, 7) is 2.00. The molecule has 1 aromatic carbocycles. The van der Waals surface area contributed by atoms with E-state index in [-0.39, 0.29) is 5.91 Å². The summed E-state index contributed by atoms with van der Waals surface area (Å²) in [4.78, 5) is 11.4. The number of amides is 1. The van der Waals surface area contributed by atoms with Gasteiger partial charge in [0, 0.05) is 12.1 Å². The number of carbonyl (C=O) groups excluding carboxylic acids is 1. The van der Waals surface area contributed by atoms with Crippen molar-refractivity contribution in [3.05, 3.63) is 23.8 Å². The van der Waals surface area contributed by atoms with Gasteiger partial charge >= 0.3 is 0 Å². The fourth-order valence-corrected chi connectivity index (χ4v) is 1.44. The van der Waals surface area contributed by atoms with E-state index in [1.165, 1.54) is 0 Å². The number of methoxy groups -OCH3 is 2. The first-order chi connectivity index (χ1) is 8.10. The molecule has 17 heavy (non-hydrogen) atoms. The van der Waals surface area contributed by atoms with Crippen molar-refractivity contribution in [3.8, 4) is 11.5 Å². The summed E-state index contributed by atoms with van der Waals surface area (Å²) in [7, 11) is 3.14. The molecule has 0 radical (unpaired) electrons. The van der Waals surface area contributed by atoms with E-state index >= 15 is 0 Å². The second kappa shape index (κ2) is 6.10. The van der Waals surface area contributed by atoms with Crippen LogP contribution in [-0.2, 0) is 11.3 Å². The van der Waals surface area contributed by atoms with Gasteiger partial charge in [-0.05, 0) is 13.0 Å². The zero-order chi connectivity index (χ0) is 12.8. The van der Waals surface area contributed by atoms with Gasteiger partial charge in [-0.25, -0.2) is 0 Å². The Hall–Kier alpha value is -1.75. The van der Waals surface area contributed by atoms with Crippen LogP contribution in [0.2, 0.25) is 0 Å². The fourth-order valence-electron chi connectivity index (χ4n) is 1.44. The standard InChI is InChI=1S/C12H18N2O3/c1-8(13)12(15)14-7-9-5-4-6-10(16-2)11(9)17-3/h4-6,8H,7,13H2,1-3H3,(H,14,15)/t8-/m1/s1. The molecule has 0 saturated heterocycles. The van der Waals surface area contributed by atoms with Gasteiger partial charge < -0.3 is 20.5 Å². The number of rotatable bonds is 5. The van der Waals surface area contributed by atoms with Crippen LogP contribution in [0.25, 0.3) is 0 Å². The highest BCUT2D eigenvalue weighted by Gasteiger charge is 2.11. The topological polar surface area (TPSA) is 73.6 Å². The van der Waals surface area contributed by atoms with Crippen LogP contribution in [0.1, 0.15) is 12.5 Å². The second-order valence-electron chi connectivity index (χ2n) is 3.66. The van der Waals surface area contributed by atoms with Crippen molar-refractivity contribution >= 4 is 5.91 Å². The summed E-state index contributed by atoms with van der Waals surface area (Å²) < 4.78 is 10.4. The van der Waals surface area contributed by atoms with E-state index in [1.54, 1.807) is 27.2 Å². The molecule has 5 heteroatoms.